The maximum absolute atomic E-state index is 16.0. The summed E-state index contributed by atoms with van der Waals surface area (Å²) in [6, 6.07) is 12.1. The van der Waals surface area contributed by atoms with Crippen LogP contribution in [0.1, 0.15) is 24.0 Å². The molecule has 0 radical (unpaired) electrons. The summed E-state index contributed by atoms with van der Waals surface area (Å²) >= 11 is 1.26. The number of pyridine rings is 2. The van der Waals surface area contributed by atoms with Gasteiger partial charge in [-0.1, -0.05) is 12.1 Å². The number of rotatable bonds is 3. The zero-order chi connectivity index (χ0) is 20.2. The largest absolute Gasteiger partial charge is 0.280 e. The van der Waals surface area contributed by atoms with Crippen LogP contribution in [0.25, 0.3) is 27.0 Å². The summed E-state index contributed by atoms with van der Waals surface area (Å²) in [5.74, 6) is -0.552. The molecule has 0 spiro atoms. The first-order chi connectivity index (χ1) is 13.9. The van der Waals surface area contributed by atoms with Crippen molar-refractivity contribution in [3.8, 4) is 10.4 Å². The Kier molecular flexibility index (Phi) is 3.92. The van der Waals surface area contributed by atoms with E-state index in [0.717, 1.165) is 21.5 Å². The highest BCUT2D eigenvalue weighted by Gasteiger charge is 2.34. The second-order valence-corrected chi connectivity index (χ2v) is 7.85. The normalized spacial score (nSPS) is 13.8. The van der Waals surface area contributed by atoms with Gasteiger partial charge in [0.15, 0.2) is 23.0 Å². The van der Waals surface area contributed by atoms with E-state index in [4.69, 9.17) is 0 Å². The van der Waals surface area contributed by atoms with Gasteiger partial charge >= 0.3 is 0 Å². The number of alkyl halides is 1. The molecule has 1 atom stereocenters. The molecule has 0 saturated carbocycles. The number of fused-ring (bicyclic) bond motifs is 2. The van der Waals surface area contributed by atoms with Crippen LogP contribution in [0.3, 0.4) is 0 Å². The average Bonchev–Trinajstić information content (AvgIpc) is 3.34. The molecular formula is C21H15F2N5S. The summed E-state index contributed by atoms with van der Waals surface area (Å²) in [4.78, 5) is 5.06. The highest BCUT2D eigenvalue weighted by Crippen LogP contribution is 2.35. The van der Waals surface area contributed by atoms with Crippen molar-refractivity contribution in [2.45, 2.75) is 19.5 Å². The minimum Gasteiger partial charge on any atom is -0.280 e. The van der Waals surface area contributed by atoms with Gasteiger partial charge in [-0.15, -0.1) is 10.2 Å². The van der Waals surface area contributed by atoms with Gasteiger partial charge in [0.1, 0.15) is 0 Å². The van der Waals surface area contributed by atoms with E-state index in [1.807, 2.05) is 19.1 Å². The molecule has 5 rings (SSSR count). The summed E-state index contributed by atoms with van der Waals surface area (Å²) in [5, 5.41) is 8.69. The highest BCUT2D eigenvalue weighted by molar-refractivity contribution is 7.09. The molecule has 0 aliphatic heterocycles. The van der Waals surface area contributed by atoms with Crippen LogP contribution in [-0.2, 0) is 5.67 Å². The minimum absolute atomic E-state index is 0.0118. The molecule has 0 unspecified atom stereocenters. The summed E-state index contributed by atoms with van der Waals surface area (Å²) in [6.45, 7) is 3.27. The zero-order valence-electron chi connectivity index (χ0n) is 15.6. The highest BCUT2D eigenvalue weighted by atomic mass is 32.1. The van der Waals surface area contributed by atoms with Crippen LogP contribution in [-0.4, -0.2) is 24.0 Å². The molecule has 0 saturated heterocycles. The molecule has 5 nitrogen and oxygen atoms in total. The smallest absolute Gasteiger partial charge is 0.197 e. The lowest BCUT2D eigenvalue weighted by molar-refractivity contribution is 0.234. The number of halogens is 2. The lowest BCUT2D eigenvalue weighted by atomic mass is 9.95. The minimum atomic E-state index is -1.99. The molecule has 0 fully saturated rings. The Balaban J connectivity index is 1.69. The van der Waals surface area contributed by atoms with Crippen molar-refractivity contribution in [2.24, 2.45) is 0 Å². The molecule has 5 aromatic rings. The van der Waals surface area contributed by atoms with E-state index < -0.39 is 11.5 Å². The van der Waals surface area contributed by atoms with Crippen molar-refractivity contribution in [3.05, 3.63) is 77.8 Å². The quantitative estimate of drug-likeness (QED) is 0.418. The van der Waals surface area contributed by atoms with Crippen molar-refractivity contribution in [1.29, 1.82) is 0 Å². The third-order valence-electron chi connectivity index (χ3n) is 4.94. The number of hydrogen-bond donors (Lipinski definition) is 0. The van der Waals surface area contributed by atoms with Crippen LogP contribution in [0.15, 0.2) is 54.9 Å². The fourth-order valence-corrected chi connectivity index (χ4v) is 4.14. The van der Waals surface area contributed by atoms with Gasteiger partial charge in [-0.25, -0.2) is 8.78 Å². The summed E-state index contributed by atoms with van der Waals surface area (Å²) in [6.07, 6.45) is 3.34. The monoisotopic (exact) mass is 407 g/mol. The fraction of sp³-hybridized carbons (Fsp3) is 0.143. The number of aromatic nitrogens is 5. The molecule has 29 heavy (non-hydrogen) atoms. The fourth-order valence-electron chi connectivity index (χ4n) is 3.41. The maximum atomic E-state index is 16.0. The molecule has 0 bridgehead atoms. The van der Waals surface area contributed by atoms with E-state index in [2.05, 4.69) is 19.6 Å². The van der Waals surface area contributed by atoms with E-state index in [9.17, 15) is 4.39 Å². The Morgan fingerprint density at radius 1 is 1.10 bits per heavy atom. The summed E-state index contributed by atoms with van der Waals surface area (Å²) < 4.78 is 36.3. The second-order valence-electron chi connectivity index (χ2n) is 7.04. The van der Waals surface area contributed by atoms with Crippen LogP contribution in [0.2, 0.25) is 0 Å². The lowest BCUT2D eigenvalue weighted by Crippen LogP contribution is -2.21. The Hall–Kier alpha value is -3.26. The predicted molar refractivity (Wildman–Crippen MR) is 108 cm³/mol. The number of aryl methyl sites for hydroxylation is 1. The van der Waals surface area contributed by atoms with Crippen LogP contribution in [0.4, 0.5) is 8.78 Å². The van der Waals surface area contributed by atoms with E-state index in [0.29, 0.717) is 11.1 Å². The first-order valence-electron chi connectivity index (χ1n) is 8.96. The van der Waals surface area contributed by atoms with E-state index in [1.54, 1.807) is 36.7 Å². The van der Waals surface area contributed by atoms with Crippen LogP contribution < -0.4 is 0 Å². The Morgan fingerprint density at radius 2 is 1.97 bits per heavy atom. The second kappa shape index (κ2) is 6.38. The maximum Gasteiger partial charge on any atom is 0.197 e. The Bertz CT molecular complexity index is 1370. The van der Waals surface area contributed by atoms with Gasteiger partial charge in [0.05, 0.1) is 16.1 Å². The predicted octanol–water partition coefficient (Wildman–Crippen LogP) is 5.08. The Labute approximate surface area is 168 Å². The topological polar surface area (TPSA) is 56.0 Å². The van der Waals surface area contributed by atoms with E-state index in [1.165, 1.54) is 28.9 Å². The summed E-state index contributed by atoms with van der Waals surface area (Å²) in [7, 11) is 0. The number of nitrogens with zero attached hydrogens (tertiary/aromatic N) is 5. The van der Waals surface area contributed by atoms with Gasteiger partial charge in [-0.05, 0) is 61.3 Å². The van der Waals surface area contributed by atoms with E-state index >= 15 is 4.39 Å². The molecule has 144 valence electrons. The molecule has 8 heteroatoms. The van der Waals surface area contributed by atoms with E-state index in [-0.39, 0.29) is 11.5 Å². The van der Waals surface area contributed by atoms with Gasteiger partial charge in [0.25, 0.3) is 0 Å². The number of hydrogen-bond acceptors (Lipinski definition) is 5. The van der Waals surface area contributed by atoms with Crippen LogP contribution >= 0.6 is 11.5 Å². The molecular weight excluding hydrogens is 392 g/mol. The standard InChI is InChI=1S/C21H15F2N5S/c1-12-8-18(29-27-12)14-10-16(22)19-25-26-20(28(19)11-14)21(2,23)15-5-6-17-13(9-15)4-3-7-24-17/h3-11H,1-2H3/t21-/m0/s1. The zero-order valence-corrected chi connectivity index (χ0v) is 16.4. The number of benzene rings is 1. The SMILES string of the molecule is Cc1cc(-c2cc(F)c3nnc([C@@](C)(F)c4ccc5ncccc5c4)n3c2)sn1. The molecule has 0 aliphatic carbocycles. The molecule has 4 heterocycles. The van der Waals surface area contributed by atoms with Crippen LogP contribution in [0.5, 0.6) is 0 Å². The summed E-state index contributed by atoms with van der Waals surface area (Å²) in [5.41, 5.74) is 0.600. The third kappa shape index (κ3) is 2.87. The van der Waals surface area contributed by atoms with Crippen molar-refractivity contribution in [3.63, 3.8) is 0 Å². The molecule has 0 N–H and O–H groups in total. The first kappa shape index (κ1) is 17.8. The molecule has 0 aliphatic rings. The molecule has 0 amide bonds. The van der Waals surface area contributed by atoms with Gasteiger partial charge < -0.3 is 0 Å². The van der Waals surface area contributed by atoms with Crippen LogP contribution in [0, 0.1) is 12.7 Å². The molecule has 4 aromatic heterocycles. The first-order valence-corrected chi connectivity index (χ1v) is 9.73. The van der Waals surface area contributed by atoms with Crippen molar-refractivity contribution in [2.75, 3.05) is 0 Å². The van der Waals surface area contributed by atoms with Crippen molar-refractivity contribution >= 4 is 28.1 Å². The van der Waals surface area contributed by atoms with Gasteiger partial charge in [0.2, 0.25) is 0 Å². The van der Waals surface area contributed by atoms with Gasteiger partial charge in [-0.3, -0.25) is 9.38 Å². The van der Waals surface area contributed by atoms with Gasteiger partial charge in [0, 0.05) is 23.3 Å². The average molecular weight is 407 g/mol. The third-order valence-corrected chi connectivity index (χ3v) is 5.87. The van der Waals surface area contributed by atoms with Crippen molar-refractivity contribution < 1.29 is 8.78 Å². The molecule has 1 aromatic carbocycles. The lowest BCUT2D eigenvalue weighted by Gasteiger charge is -2.19. The van der Waals surface area contributed by atoms with Gasteiger partial charge in [-0.2, -0.15) is 4.37 Å². The Morgan fingerprint density at radius 3 is 2.76 bits per heavy atom. The van der Waals surface area contributed by atoms with Crippen molar-refractivity contribution in [1.82, 2.24) is 24.0 Å².